The quantitative estimate of drug-likeness (QED) is 0.681. The summed E-state index contributed by atoms with van der Waals surface area (Å²) >= 11 is 0. The van der Waals surface area contributed by atoms with Crippen molar-refractivity contribution in [3.63, 3.8) is 0 Å². The molecule has 0 fully saturated rings. The molecule has 0 aliphatic carbocycles. The molecule has 0 radical (unpaired) electrons. The minimum atomic E-state index is 0.123. The van der Waals surface area contributed by atoms with E-state index in [-0.39, 0.29) is 5.91 Å². The van der Waals surface area contributed by atoms with E-state index in [2.05, 4.69) is 45.6 Å². The Kier molecular flexibility index (Phi) is 6.20. The molecule has 1 N–H and O–H groups in total. The van der Waals surface area contributed by atoms with Crippen molar-refractivity contribution in [1.82, 2.24) is 15.1 Å². The number of hydrogen-bond donors (Lipinski definition) is 1. The van der Waals surface area contributed by atoms with Gasteiger partial charge in [0.15, 0.2) is 5.96 Å². The number of carbonyl (C=O) groups excluding carboxylic acids is 1. The van der Waals surface area contributed by atoms with Crippen LogP contribution in [0.2, 0.25) is 0 Å². The Balaban J connectivity index is 1.87. The van der Waals surface area contributed by atoms with E-state index in [1.54, 1.807) is 26.0 Å². The molecule has 1 aliphatic heterocycles. The maximum Gasteiger partial charge on any atom is 0.223 e. The lowest BCUT2D eigenvalue weighted by Crippen LogP contribution is -2.44. The van der Waals surface area contributed by atoms with Crippen LogP contribution in [0.1, 0.15) is 18.4 Å². The Labute approximate surface area is 138 Å². The molecule has 0 unspecified atom stereocenters. The number of nitrogens with zero attached hydrogens (tertiary/aromatic N) is 3. The van der Waals surface area contributed by atoms with Gasteiger partial charge in [-0.15, -0.1) is 0 Å². The minimum Gasteiger partial charge on any atom is -0.356 e. The molecule has 0 spiro atoms. The molecule has 1 aliphatic rings. The largest absolute Gasteiger partial charge is 0.356 e. The third-order valence-electron chi connectivity index (χ3n) is 3.99. The van der Waals surface area contributed by atoms with Crippen molar-refractivity contribution < 1.29 is 4.79 Å². The van der Waals surface area contributed by atoms with Crippen molar-refractivity contribution in [2.75, 3.05) is 40.8 Å². The van der Waals surface area contributed by atoms with Gasteiger partial charge in [0.1, 0.15) is 0 Å². The monoisotopic (exact) mass is 314 g/mol. The van der Waals surface area contributed by atoms with E-state index in [1.165, 1.54) is 11.1 Å². The minimum absolute atomic E-state index is 0.123. The lowest BCUT2D eigenvalue weighted by Gasteiger charge is -2.29. The van der Waals surface area contributed by atoms with E-state index >= 15 is 0 Å². The molecule has 124 valence electrons. The van der Waals surface area contributed by atoms with E-state index in [0.29, 0.717) is 13.0 Å². The van der Waals surface area contributed by atoms with Gasteiger partial charge in [0.05, 0.1) is 0 Å². The summed E-state index contributed by atoms with van der Waals surface area (Å²) in [5.74, 6) is 0.984. The Morgan fingerprint density at radius 2 is 2.04 bits per heavy atom. The molecule has 2 rings (SSSR count). The van der Waals surface area contributed by atoms with Crippen LogP contribution in [0.15, 0.2) is 41.4 Å². The van der Waals surface area contributed by atoms with Crippen LogP contribution in [0.3, 0.4) is 0 Å². The maximum atomic E-state index is 11.6. The van der Waals surface area contributed by atoms with Crippen molar-refractivity contribution in [3.8, 4) is 0 Å². The SMILES string of the molecule is CN=C(NCCC(=O)N(C)C)N1CC=C(c2ccccc2)CC1. The van der Waals surface area contributed by atoms with Crippen molar-refractivity contribution in [3.05, 3.63) is 42.0 Å². The van der Waals surface area contributed by atoms with Crippen LogP contribution < -0.4 is 5.32 Å². The molecule has 23 heavy (non-hydrogen) atoms. The predicted molar refractivity (Wildman–Crippen MR) is 95.3 cm³/mol. The van der Waals surface area contributed by atoms with Crippen LogP contribution >= 0.6 is 0 Å². The fraction of sp³-hybridized carbons (Fsp3) is 0.444. The Bertz CT molecular complexity index is 578. The smallest absolute Gasteiger partial charge is 0.223 e. The van der Waals surface area contributed by atoms with E-state index in [0.717, 1.165) is 25.5 Å². The zero-order valence-corrected chi connectivity index (χ0v) is 14.2. The molecule has 0 saturated heterocycles. The summed E-state index contributed by atoms with van der Waals surface area (Å²) in [7, 11) is 5.34. The van der Waals surface area contributed by atoms with Crippen LogP contribution in [0.4, 0.5) is 0 Å². The first kappa shape index (κ1) is 17.1. The highest BCUT2D eigenvalue weighted by atomic mass is 16.2. The lowest BCUT2D eigenvalue weighted by molar-refractivity contribution is -0.128. The number of rotatable bonds is 4. The van der Waals surface area contributed by atoms with Crippen molar-refractivity contribution in [1.29, 1.82) is 0 Å². The summed E-state index contributed by atoms with van der Waals surface area (Å²) in [6.07, 6.45) is 3.74. The molecule has 0 saturated carbocycles. The molecule has 1 heterocycles. The number of hydrogen-bond acceptors (Lipinski definition) is 2. The normalized spacial score (nSPS) is 15.2. The third kappa shape index (κ3) is 4.84. The topological polar surface area (TPSA) is 47.9 Å². The fourth-order valence-corrected chi connectivity index (χ4v) is 2.61. The summed E-state index contributed by atoms with van der Waals surface area (Å²) in [6.45, 7) is 2.38. The molecule has 0 atom stereocenters. The first-order valence-corrected chi connectivity index (χ1v) is 8.02. The van der Waals surface area contributed by atoms with Gasteiger partial charge >= 0.3 is 0 Å². The molecule has 1 aromatic rings. The van der Waals surface area contributed by atoms with Crippen LogP contribution in [0.5, 0.6) is 0 Å². The second-order valence-corrected chi connectivity index (χ2v) is 5.80. The molecular weight excluding hydrogens is 288 g/mol. The molecule has 5 heteroatoms. The molecule has 0 aromatic heterocycles. The summed E-state index contributed by atoms with van der Waals surface area (Å²) in [5, 5.41) is 3.28. The van der Waals surface area contributed by atoms with E-state index in [9.17, 15) is 4.79 Å². The predicted octanol–water partition coefficient (Wildman–Crippen LogP) is 1.83. The van der Waals surface area contributed by atoms with E-state index in [4.69, 9.17) is 0 Å². The zero-order chi connectivity index (χ0) is 16.7. The van der Waals surface area contributed by atoms with Gasteiger partial charge in [-0.05, 0) is 17.6 Å². The van der Waals surface area contributed by atoms with Gasteiger partial charge in [0.2, 0.25) is 5.91 Å². The lowest BCUT2D eigenvalue weighted by atomic mass is 10.00. The van der Waals surface area contributed by atoms with E-state index < -0.39 is 0 Å². The van der Waals surface area contributed by atoms with Gasteiger partial charge in [-0.3, -0.25) is 9.79 Å². The number of carbonyl (C=O) groups is 1. The molecule has 1 aromatic carbocycles. The fourth-order valence-electron chi connectivity index (χ4n) is 2.61. The molecule has 1 amide bonds. The Hall–Kier alpha value is -2.30. The highest BCUT2D eigenvalue weighted by molar-refractivity contribution is 5.82. The summed E-state index contributed by atoms with van der Waals surface area (Å²) in [4.78, 5) is 19.8. The van der Waals surface area contributed by atoms with Crippen molar-refractivity contribution >= 4 is 17.4 Å². The van der Waals surface area contributed by atoms with Gasteiger partial charge < -0.3 is 15.1 Å². The molecular formula is C18H26N4O. The summed E-state index contributed by atoms with van der Waals surface area (Å²) in [5.41, 5.74) is 2.69. The highest BCUT2D eigenvalue weighted by Gasteiger charge is 2.16. The second-order valence-electron chi connectivity index (χ2n) is 5.80. The van der Waals surface area contributed by atoms with Crippen molar-refractivity contribution in [2.24, 2.45) is 4.99 Å². The van der Waals surface area contributed by atoms with Crippen LogP contribution in [0.25, 0.3) is 5.57 Å². The van der Waals surface area contributed by atoms with Gasteiger partial charge in [-0.2, -0.15) is 0 Å². The van der Waals surface area contributed by atoms with Gasteiger partial charge in [0.25, 0.3) is 0 Å². The first-order valence-electron chi connectivity index (χ1n) is 8.02. The zero-order valence-electron chi connectivity index (χ0n) is 14.2. The number of amides is 1. The van der Waals surface area contributed by atoms with Gasteiger partial charge in [-0.1, -0.05) is 36.4 Å². The standard InChI is InChI=1S/C18H26N4O/c1-19-18(20-12-9-17(23)21(2)3)22-13-10-16(11-14-22)15-7-5-4-6-8-15/h4-8,10H,9,11-14H2,1-3H3,(H,19,20). The van der Waals surface area contributed by atoms with Crippen molar-refractivity contribution in [2.45, 2.75) is 12.8 Å². The number of nitrogens with one attached hydrogen (secondary N) is 1. The maximum absolute atomic E-state index is 11.6. The Morgan fingerprint density at radius 1 is 1.30 bits per heavy atom. The third-order valence-corrected chi connectivity index (χ3v) is 3.99. The second kappa shape index (κ2) is 8.36. The molecule has 0 bridgehead atoms. The first-order chi connectivity index (χ1) is 11.1. The molecule has 5 nitrogen and oxygen atoms in total. The highest BCUT2D eigenvalue weighted by Crippen LogP contribution is 2.21. The van der Waals surface area contributed by atoms with Crippen LogP contribution in [-0.2, 0) is 4.79 Å². The number of benzene rings is 1. The van der Waals surface area contributed by atoms with Gasteiger partial charge in [0, 0.05) is 47.2 Å². The van der Waals surface area contributed by atoms with Gasteiger partial charge in [-0.25, -0.2) is 0 Å². The van der Waals surface area contributed by atoms with Crippen LogP contribution in [0, 0.1) is 0 Å². The summed E-state index contributed by atoms with van der Waals surface area (Å²) in [6, 6.07) is 10.5. The average Bonchev–Trinajstić information content (AvgIpc) is 2.59. The average molecular weight is 314 g/mol. The van der Waals surface area contributed by atoms with E-state index in [1.807, 2.05) is 6.07 Å². The number of aliphatic imine (C=N–C) groups is 1. The van der Waals surface area contributed by atoms with Crippen LogP contribution in [-0.4, -0.2) is 62.4 Å². The summed E-state index contributed by atoms with van der Waals surface area (Å²) < 4.78 is 0. The number of guanidine groups is 1. The Morgan fingerprint density at radius 3 is 2.61 bits per heavy atom.